The normalized spacial score (nSPS) is 11.0. The van der Waals surface area contributed by atoms with Crippen LogP contribution in [0, 0.1) is 10.1 Å². The highest BCUT2D eigenvalue weighted by Gasteiger charge is 2.26. The Morgan fingerprint density at radius 3 is 1.44 bits per heavy atom. The average Bonchev–Trinajstić information content (AvgIpc) is 3.72. The second kappa shape index (κ2) is 16.4. The molecule has 6 aromatic rings. The molecule has 0 aliphatic heterocycles. The molecule has 0 bridgehead atoms. The molecule has 274 valence electrons. The minimum Gasteiger partial charge on any atom is -0.496 e. The van der Waals surface area contributed by atoms with Gasteiger partial charge in [-0.15, -0.1) is 0 Å². The summed E-state index contributed by atoms with van der Waals surface area (Å²) >= 11 is 0. The molecule has 0 amide bonds. The van der Waals surface area contributed by atoms with E-state index in [2.05, 4.69) is 10.2 Å². The number of ether oxygens (including phenoxy) is 6. The first-order valence-corrected chi connectivity index (χ1v) is 16.6. The molecule has 14 heteroatoms. The van der Waals surface area contributed by atoms with E-state index in [1.54, 1.807) is 59.3 Å². The molecule has 2 aromatic carbocycles. The van der Waals surface area contributed by atoms with Crippen molar-refractivity contribution in [2.45, 2.75) is 39.9 Å². The molecular formula is C38H44N6O8. The first kappa shape index (κ1) is 37.4. The first-order chi connectivity index (χ1) is 25.2. The molecule has 6 rings (SSSR count). The molecule has 0 unspecified atom stereocenters. The smallest absolute Gasteiger partial charge is 0.317 e. The van der Waals surface area contributed by atoms with Crippen LogP contribution in [0.15, 0.2) is 60.7 Å². The number of nitrogen functional groups attached to an aromatic ring is 1. The highest BCUT2D eigenvalue weighted by Crippen LogP contribution is 2.42. The SMILES string of the molecule is CCc1nn2c(-c3c(OC)cc(COC)cc3OC)cccc2c1N.CCc1nn2c(-c3c(OC)cc(COC)cc3OC)cccc2c1[N+](=O)[O-]. The summed E-state index contributed by atoms with van der Waals surface area (Å²) in [5.41, 5.74) is 14.5. The van der Waals surface area contributed by atoms with Gasteiger partial charge in [0.25, 0.3) is 0 Å². The topological polar surface area (TPSA) is 159 Å². The van der Waals surface area contributed by atoms with Crippen molar-refractivity contribution in [3.63, 3.8) is 0 Å². The van der Waals surface area contributed by atoms with E-state index in [4.69, 9.17) is 34.2 Å². The molecular weight excluding hydrogens is 668 g/mol. The number of hydrogen-bond acceptors (Lipinski definition) is 11. The van der Waals surface area contributed by atoms with E-state index in [0.29, 0.717) is 70.8 Å². The molecule has 0 saturated carbocycles. The number of fused-ring (bicyclic) bond motifs is 2. The minimum absolute atomic E-state index is 0.0216. The zero-order valence-corrected chi connectivity index (χ0v) is 30.7. The number of aryl methyl sites for hydroxylation is 2. The van der Waals surface area contributed by atoms with Gasteiger partial charge in [-0.3, -0.25) is 10.1 Å². The fourth-order valence-corrected chi connectivity index (χ4v) is 6.25. The Hall–Kier alpha value is -5.86. The van der Waals surface area contributed by atoms with Crippen LogP contribution in [0.2, 0.25) is 0 Å². The summed E-state index contributed by atoms with van der Waals surface area (Å²) in [7, 11) is 9.69. The number of benzene rings is 2. The number of rotatable bonds is 13. The van der Waals surface area contributed by atoms with Crippen molar-refractivity contribution in [2.24, 2.45) is 0 Å². The van der Waals surface area contributed by atoms with Crippen LogP contribution in [0.3, 0.4) is 0 Å². The van der Waals surface area contributed by atoms with Gasteiger partial charge < -0.3 is 34.2 Å². The number of anilines is 1. The Bertz CT molecular complexity index is 2160. The third-order valence-corrected chi connectivity index (χ3v) is 8.59. The van der Waals surface area contributed by atoms with E-state index in [9.17, 15) is 10.1 Å². The van der Waals surface area contributed by atoms with Crippen molar-refractivity contribution < 1.29 is 33.3 Å². The lowest BCUT2D eigenvalue weighted by Gasteiger charge is -2.16. The maximum atomic E-state index is 11.6. The number of aromatic nitrogens is 4. The standard InChI is InChI=1S/C19H21N3O5.C19H23N3O3/c1-5-13-19(22(23)24)15-8-6-7-14(21(15)20-13)18-16(26-3)9-12(11-25-2)10-17(18)27-4;1-5-13-19(20)15-8-6-7-14(22(15)21-13)18-16(24-3)9-12(11-23-2)10-17(18)25-4/h6-10H,5,11H2,1-4H3;6-10H,5,11,20H2,1-4H3. The molecule has 0 aliphatic carbocycles. The summed E-state index contributed by atoms with van der Waals surface area (Å²) < 4.78 is 36.3. The van der Waals surface area contributed by atoms with Crippen LogP contribution in [0.25, 0.3) is 33.5 Å². The number of methoxy groups -OCH3 is 6. The van der Waals surface area contributed by atoms with E-state index in [-0.39, 0.29) is 10.6 Å². The molecule has 0 aliphatic rings. The second-order valence-corrected chi connectivity index (χ2v) is 11.7. The van der Waals surface area contributed by atoms with Gasteiger partial charge in [-0.05, 0) is 72.5 Å². The lowest BCUT2D eigenvalue weighted by atomic mass is 10.0. The van der Waals surface area contributed by atoms with Gasteiger partial charge in [0, 0.05) is 14.2 Å². The summed E-state index contributed by atoms with van der Waals surface area (Å²) in [6.45, 7) is 4.77. The summed E-state index contributed by atoms with van der Waals surface area (Å²) in [6.07, 6.45) is 1.23. The van der Waals surface area contributed by atoms with Crippen LogP contribution < -0.4 is 24.7 Å². The summed E-state index contributed by atoms with van der Waals surface area (Å²) in [5, 5.41) is 20.7. The van der Waals surface area contributed by atoms with Crippen molar-refractivity contribution in [1.82, 2.24) is 19.2 Å². The van der Waals surface area contributed by atoms with Crippen molar-refractivity contribution in [3.05, 3.63) is 93.3 Å². The number of nitro groups is 1. The Balaban J connectivity index is 0.000000202. The van der Waals surface area contributed by atoms with E-state index >= 15 is 0 Å². The fourth-order valence-electron chi connectivity index (χ4n) is 6.25. The first-order valence-electron chi connectivity index (χ1n) is 16.6. The Morgan fingerprint density at radius 2 is 1.06 bits per heavy atom. The van der Waals surface area contributed by atoms with Crippen LogP contribution in [-0.4, -0.2) is 66.8 Å². The van der Waals surface area contributed by atoms with E-state index in [0.717, 1.165) is 40.0 Å². The minimum atomic E-state index is -0.388. The van der Waals surface area contributed by atoms with Gasteiger partial charge in [0.05, 0.1) is 86.0 Å². The fraction of sp³-hybridized carbons (Fsp3) is 0.316. The number of pyridine rings is 2. The monoisotopic (exact) mass is 712 g/mol. The third-order valence-electron chi connectivity index (χ3n) is 8.59. The van der Waals surface area contributed by atoms with Crippen molar-refractivity contribution >= 4 is 22.4 Å². The number of nitrogens with zero attached hydrogens (tertiary/aromatic N) is 5. The van der Waals surface area contributed by atoms with Gasteiger partial charge in [0.15, 0.2) is 0 Å². The largest absolute Gasteiger partial charge is 0.496 e. The van der Waals surface area contributed by atoms with E-state index in [1.807, 2.05) is 66.9 Å². The predicted molar refractivity (Wildman–Crippen MR) is 199 cm³/mol. The van der Waals surface area contributed by atoms with Crippen molar-refractivity contribution in [3.8, 4) is 45.5 Å². The summed E-state index contributed by atoms with van der Waals surface area (Å²) in [5.74, 6) is 2.55. The molecule has 52 heavy (non-hydrogen) atoms. The van der Waals surface area contributed by atoms with E-state index < -0.39 is 0 Å². The molecule has 0 spiro atoms. The van der Waals surface area contributed by atoms with Gasteiger partial charge in [0.2, 0.25) is 0 Å². The predicted octanol–water partition coefficient (Wildman–Crippen LogP) is 6.95. The van der Waals surface area contributed by atoms with Crippen LogP contribution in [0.1, 0.15) is 36.4 Å². The number of hydrogen-bond donors (Lipinski definition) is 1. The maximum Gasteiger partial charge on any atom is 0.317 e. The quantitative estimate of drug-likeness (QED) is 0.0976. The molecule has 0 saturated heterocycles. The van der Waals surface area contributed by atoms with Gasteiger partial charge >= 0.3 is 5.69 Å². The maximum absolute atomic E-state index is 11.6. The zero-order valence-electron chi connectivity index (χ0n) is 30.7. The van der Waals surface area contributed by atoms with Gasteiger partial charge in [-0.2, -0.15) is 10.2 Å². The van der Waals surface area contributed by atoms with Crippen molar-refractivity contribution in [1.29, 1.82) is 0 Å². The second-order valence-electron chi connectivity index (χ2n) is 11.7. The zero-order chi connectivity index (χ0) is 37.5. The summed E-state index contributed by atoms with van der Waals surface area (Å²) in [4.78, 5) is 11.2. The molecule has 0 radical (unpaired) electrons. The van der Waals surface area contributed by atoms with E-state index in [1.165, 1.54) is 0 Å². The van der Waals surface area contributed by atoms with Gasteiger partial charge in [0.1, 0.15) is 34.2 Å². The molecule has 14 nitrogen and oxygen atoms in total. The molecule has 0 atom stereocenters. The lowest BCUT2D eigenvalue weighted by molar-refractivity contribution is -0.383. The average molecular weight is 713 g/mol. The highest BCUT2D eigenvalue weighted by atomic mass is 16.6. The van der Waals surface area contributed by atoms with Crippen LogP contribution in [0.4, 0.5) is 11.4 Å². The number of nitrogens with two attached hydrogens (primary N) is 1. The summed E-state index contributed by atoms with van der Waals surface area (Å²) in [6, 6.07) is 18.8. The Morgan fingerprint density at radius 1 is 0.654 bits per heavy atom. The third kappa shape index (κ3) is 7.02. The Labute approximate surface area is 301 Å². The van der Waals surface area contributed by atoms with Crippen LogP contribution in [0.5, 0.6) is 23.0 Å². The lowest BCUT2D eigenvalue weighted by Crippen LogP contribution is -2.01. The molecule has 4 heterocycles. The van der Waals surface area contributed by atoms with Crippen LogP contribution in [-0.2, 0) is 35.5 Å². The molecule has 0 fully saturated rings. The highest BCUT2D eigenvalue weighted by molar-refractivity contribution is 5.82. The van der Waals surface area contributed by atoms with Gasteiger partial charge in [-0.25, -0.2) is 9.03 Å². The van der Waals surface area contributed by atoms with Gasteiger partial charge in [-0.1, -0.05) is 26.0 Å². The van der Waals surface area contributed by atoms with Crippen LogP contribution >= 0.6 is 0 Å². The Kier molecular flexibility index (Phi) is 11.8. The molecule has 2 N–H and O–H groups in total. The van der Waals surface area contributed by atoms with Crippen molar-refractivity contribution in [2.75, 3.05) is 48.4 Å². The molecule has 4 aromatic heterocycles.